The third kappa shape index (κ3) is 3.65. The molecule has 1 aromatic rings. The number of nitrogens with one attached hydrogen (secondary N) is 1. The maximum absolute atomic E-state index is 6.06. The van der Waals surface area contributed by atoms with Crippen molar-refractivity contribution >= 4 is 0 Å². The fourth-order valence-electron chi connectivity index (χ4n) is 3.90. The Morgan fingerprint density at radius 2 is 2.14 bits per heavy atom. The summed E-state index contributed by atoms with van der Waals surface area (Å²) in [5.74, 6) is 1.35. The molecule has 0 amide bonds. The molecule has 0 aliphatic carbocycles. The first kappa shape index (κ1) is 15.0. The van der Waals surface area contributed by atoms with E-state index in [4.69, 9.17) is 9.47 Å². The van der Waals surface area contributed by atoms with Crippen molar-refractivity contribution in [2.24, 2.45) is 5.92 Å². The Kier molecular flexibility index (Phi) is 4.94. The monoisotopic (exact) mass is 289 g/mol. The molecule has 3 heteroatoms. The van der Waals surface area contributed by atoms with Crippen LogP contribution in [0, 0.1) is 5.92 Å². The zero-order valence-corrected chi connectivity index (χ0v) is 13.0. The second-order valence-corrected chi connectivity index (χ2v) is 6.59. The molecule has 2 aliphatic rings. The van der Waals surface area contributed by atoms with Crippen LogP contribution in [0.1, 0.15) is 37.2 Å². The summed E-state index contributed by atoms with van der Waals surface area (Å²) >= 11 is 0. The lowest BCUT2D eigenvalue weighted by Crippen LogP contribution is -2.41. The van der Waals surface area contributed by atoms with Gasteiger partial charge >= 0.3 is 0 Å². The molecule has 21 heavy (non-hydrogen) atoms. The number of hydrogen-bond acceptors (Lipinski definition) is 3. The predicted molar refractivity (Wildman–Crippen MR) is 84.6 cm³/mol. The first-order valence-electron chi connectivity index (χ1n) is 8.22. The first-order valence-corrected chi connectivity index (χ1v) is 8.22. The van der Waals surface area contributed by atoms with Gasteiger partial charge in [-0.25, -0.2) is 0 Å². The van der Waals surface area contributed by atoms with Crippen LogP contribution in [0.4, 0.5) is 0 Å². The van der Waals surface area contributed by atoms with E-state index in [0.29, 0.717) is 5.92 Å². The zero-order chi connectivity index (χ0) is 14.5. The van der Waals surface area contributed by atoms with Crippen LogP contribution in [0.3, 0.4) is 0 Å². The summed E-state index contributed by atoms with van der Waals surface area (Å²) in [5.41, 5.74) is 1.49. The molecule has 3 rings (SSSR count). The fraction of sp³-hybridized carbons (Fsp3) is 0.667. The van der Waals surface area contributed by atoms with Gasteiger partial charge in [0.1, 0.15) is 0 Å². The SMILES string of the molecule is CNCC(CC1CCOC2(CCOC2)C1)c1ccccc1. The summed E-state index contributed by atoms with van der Waals surface area (Å²) in [6.45, 7) is 3.61. The minimum Gasteiger partial charge on any atom is -0.378 e. The highest BCUT2D eigenvalue weighted by molar-refractivity contribution is 5.20. The minimum atomic E-state index is 0.0315. The number of ether oxygens (including phenoxy) is 2. The molecule has 0 saturated carbocycles. The molecule has 3 unspecified atom stereocenters. The Morgan fingerprint density at radius 1 is 1.29 bits per heavy atom. The van der Waals surface area contributed by atoms with Crippen LogP contribution in [-0.4, -0.2) is 39.0 Å². The number of likely N-dealkylation sites (N-methyl/N-ethyl adjacent to an activating group) is 1. The number of rotatable bonds is 5. The molecule has 0 bridgehead atoms. The molecule has 2 fully saturated rings. The lowest BCUT2D eigenvalue weighted by Gasteiger charge is -2.38. The normalized spacial score (nSPS) is 30.6. The van der Waals surface area contributed by atoms with Gasteiger partial charge in [0.25, 0.3) is 0 Å². The highest BCUT2D eigenvalue weighted by Crippen LogP contribution is 2.39. The summed E-state index contributed by atoms with van der Waals surface area (Å²) in [4.78, 5) is 0. The second-order valence-electron chi connectivity index (χ2n) is 6.59. The van der Waals surface area contributed by atoms with Crippen molar-refractivity contribution in [3.8, 4) is 0 Å². The lowest BCUT2D eigenvalue weighted by atomic mass is 9.79. The van der Waals surface area contributed by atoms with Crippen molar-refractivity contribution in [2.45, 2.75) is 37.2 Å². The molecule has 0 aromatic heterocycles. The van der Waals surface area contributed by atoms with E-state index in [0.717, 1.165) is 38.7 Å². The Labute approximate surface area is 128 Å². The van der Waals surface area contributed by atoms with Crippen LogP contribution in [-0.2, 0) is 9.47 Å². The summed E-state index contributed by atoms with van der Waals surface area (Å²) in [6.07, 6.45) is 4.68. The van der Waals surface area contributed by atoms with Gasteiger partial charge in [-0.3, -0.25) is 0 Å². The summed E-state index contributed by atoms with van der Waals surface area (Å²) < 4.78 is 11.6. The van der Waals surface area contributed by atoms with Gasteiger partial charge in [-0.2, -0.15) is 0 Å². The van der Waals surface area contributed by atoms with Gasteiger partial charge in [0.2, 0.25) is 0 Å². The molecule has 2 saturated heterocycles. The van der Waals surface area contributed by atoms with E-state index in [1.807, 2.05) is 7.05 Å². The second kappa shape index (κ2) is 6.91. The van der Waals surface area contributed by atoms with E-state index in [1.54, 1.807) is 0 Å². The molecule has 1 N–H and O–H groups in total. The van der Waals surface area contributed by atoms with E-state index < -0.39 is 0 Å². The zero-order valence-electron chi connectivity index (χ0n) is 13.0. The standard InChI is InChI=1S/C18H27NO2/c1-19-13-17(16-5-3-2-4-6-16)11-15-7-9-21-18(12-15)8-10-20-14-18/h2-6,15,17,19H,7-14H2,1H3. The quantitative estimate of drug-likeness (QED) is 0.904. The van der Waals surface area contributed by atoms with Crippen molar-refractivity contribution < 1.29 is 9.47 Å². The van der Waals surface area contributed by atoms with Crippen LogP contribution < -0.4 is 5.32 Å². The molecule has 3 atom stereocenters. The van der Waals surface area contributed by atoms with Crippen LogP contribution in [0.2, 0.25) is 0 Å². The Bertz CT molecular complexity index is 428. The van der Waals surface area contributed by atoms with Crippen LogP contribution in [0.5, 0.6) is 0 Å². The molecule has 3 nitrogen and oxygen atoms in total. The van der Waals surface area contributed by atoms with Crippen molar-refractivity contribution in [1.82, 2.24) is 5.32 Å². The Balaban J connectivity index is 1.65. The fourth-order valence-corrected chi connectivity index (χ4v) is 3.90. The van der Waals surface area contributed by atoms with Gasteiger partial charge < -0.3 is 14.8 Å². The molecule has 116 valence electrons. The summed E-state index contributed by atoms with van der Waals surface area (Å²) in [5, 5.41) is 3.36. The molecular formula is C18H27NO2. The van der Waals surface area contributed by atoms with Gasteiger partial charge in [-0.1, -0.05) is 30.3 Å². The topological polar surface area (TPSA) is 30.5 Å². The maximum atomic E-state index is 6.06. The average Bonchev–Trinajstić information content (AvgIpc) is 2.95. The smallest absolute Gasteiger partial charge is 0.0939 e. The Hall–Kier alpha value is -0.900. The highest BCUT2D eigenvalue weighted by atomic mass is 16.6. The molecule has 2 aliphatic heterocycles. The van der Waals surface area contributed by atoms with E-state index >= 15 is 0 Å². The van der Waals surface area contributed by atoms with Gasteiger partial charge in [0.05, 0.1) is 12.2 Å². The van der Waals surface area contributed by atoms with Gasteiger partial charge in [-0.05, 0) is 43.7 Å². The number of benzene rings is 1. The van der Waals surface area contributed by atoms with Crippen molar-refractivity contribution in [3.63, 3.8) is 0 Å². The van der Waals surface area contributed by atoms with Crippen LogP contribution in [0.25, 0.3) is 0 Å². The van der Waals surface area contributed by atoms with Crippen LogP contribution >= 0.6 is 0 Å². The molecular weight excluding hydrogens is 262 g/mol. The van der Waals surface area contributed by atoms with Gasteiger partial charge in [-0.15, -0.1) is 0 Å². The predicted octanol–water partition coefficient (Wildman–Crippen LogP) is 2.97. The molecule has 1 aromatic carbocycles. The summed E-state index contributed by atoms with van der Waals surface area (Å²) in [7, 11) is 2.05. The number of hydrogen-bond donors (Lipinski definition) is 1. The average molecular weight is 289 g/mol. The Morgan fingerprint density at radius 3 is 2.86 bits per heavy atom. The minimum absolute atomic E-state index is 0.0315. The van der Waals surface area contributed by atoms with E-state index in [-0.39, 0.29) is 5.60 Å². The third-order valence-electron chi connectivity index (χ3n) is 5.00. The van der Waals surface area contributed by atoms with E-state index in [9.17, 15) is 0 Å². The van der Waals surface area contributed by atoms with Crippen LogP contribution in [0.15, 0.2) is 30.3 Å². The van der Waals surface area contributed by atoms with E-state index in [2.05, 4.69) is 35.6 Å². The van der Waals surface area contributed by atoms with Gasteiger partial charge in [0.15, 0.2) is 0 Å². The third-order valence-corrected chi connectivity index (χ3v) is 5.00. The van der Waals surface area contributed by atoms with Crippen molar-refractivity contribution in [1.29, 1.82) is 0 Å². The molecule has 2 heterocycles. The van der Waals surface area contributed by atoms with Gasteiger partial charge in [0, 0.05) is 26.2 Å². The van der Waals surface area contributed by atoms with E-state index in [1.165, 1.54) is 24.8 Å². The molecule has 0 radical (unpaired) electrons. The first-order chi connectivity index (χ1) is 10.3. The maximum Gasteiger partial charge on any atom is 0.0939 e. The van der Waals surface area contributed by atoms with Crippen molar-refractivity contribution in [3.05, 3.63) is 35.9 Å². The largest absolute Gasteiger partial charge is 0.378 e. The lowest BCUT2D eigenvalue weighted by molar-refractivity contribution is -0.0995. The highest BCUT2D eigenvalue weighted by Gasteiger charge is 2.41. The summed E-state index contributed by atoms with van der Waals surface area (Å²) in [6, 6.07) is 10.9. The molecule has 1 spiro atoms. The van der Waals surface area contributed by atoms with Crippen molar-refractivity contribution in [2.75, 3.05) is 33.4 Å².